The van der Waals surface area contributed by atoms with Gasteiger partial charge in [-0.2, -0.15) is 4.98 Å². The minimum absolute atomic E-state index is 0.0336. The average Bonchev–Trinajstić information content (AvgIpc) is 3.68. The third kappa shape index (κ3) is 4.12. The molecule has 0 unspecified atom stereocenters. The molecular formula is C40H25N3O3. The van der Waals surface area contributed by atoms with Gasteiger partial charge in [-0.25, -0.2) is 0 Å². The number of imidazole rings is 1. The number of benzene rings is 6. The van der Waals surface area contributed by atoms with Crippen molar-refractivity contribution in [2.24, 2.45) is 0 Å². The fourth-order valence-electron chi connectivity index (χ4n) is 6.33. The molecule has 3 heterocycles. The summed E-state index contributed by atoms with van der Waals surface area (Å²) in [5, 5.41) is 15.1. The molecule has 3 aromatic heterocycles. The number of para-hydroxylation sites is 3. The standard InChI is InChI=1S/C40H25N3O3/c44-34-21-20-32-31-16-6-7-19-35(31)45-38(32)39(34)46-40-42-37-30(17-9-18-33(37)43(40)28-13-2-1-3-14-28)26-11-8-12-27(24-26)36-29-15-5-4-10-25(29)22-23-41-36/h1-24,44H. The van der Waals surface area contributed by atoms with Crippen LogP contribution >= 0.6 is 0 Å². The third-order valence-corrected chi connectivity index (χ3v) is 8.46. The number of rotatable bonds is 5. The minimum atomic E-state index is -0.0336. The molecule has 218 valence electrons. The Hall–Kier alpha value is -6.40. The van der Waals surface area contributed by atoms with Crippen molar-refractivity contribution in [2.75, 3.05) is 0 Å². The van der Waals surface area contributed by atoms with E-state index < -0.39 is 0 Å². The van der Waals surface area contributed by atoms with Crippen LogP contribution in [0.1, 0.15) is 0 Å². The number of fused-ring (bicyclic) bond motifs is 5. The number of aromatic nitrogens is 3. The number of pyridine rings is 1. The van der Waals surface area contributed by atoms with Gasteiger partial charge in [0.15, 0.2) is 11.3 Å². The van der Waals surface area contributed by atoms with Crippen LogP contribution < -0.4 is 4.74 Å². The molecule has 46 heavy (non-hydrogen) atoms. The minimum Gasteiger partial charge on any atom is -0.504 e. The lowest BCUT2D eigenvalue weighted by atomic mass is 9.98. The molecule has 0 spiro atoms. The van der Waals surface area contributed by atoms with Gasteiger partial charge in [0.25, 0.3) is 0 Å². The molecule has 6 nitrogen and oxygen atoms in total. The first-order chi connectivity index (χ1) is 22.7. The molecule has 0 saturated heterocycles. The molecular weight excluding hydrogens is 570 g/mol. The van der Waals surface area contributed by atoms with Gasteiger partial charge >= 0.3 is 6.01 Å². The highest BCUT2D eigenvalue weighted by atomic mass is 16.5. The van der Waals surface area contributed by atoms with Crippen molar-refractivity contribution in [3.8, 4) is 45.6 Å². The van der Waals surface area contributed by atoms with E-state index in [0.717, 1.165) is 60.6 Å². The molecule has 0 aliphatic carbocycles. The summed E-state index contributed by atoms with van der Waals surface area (Å²) in [5.41, 5.74) is 7.59. The van der Waals surface area contributed by atoms with Crippen LogP contribution in [0.3, 0.4) is 0 Å². The lowest BCUT2D eigenvalue weighted by Gasteiger charge is -2.11. The van der Waals surface area contributed by atoms with Gasteiger partial charge in [0, 0.05) is 33.5 Å². The van der Waals surface area contributed by atoms with Crippen LogP contribution in [0.25, 0.3) is 71.8 Å². The zero-order valence-electron chi connectivity index (χ0n) is 24.5. The molecule has 1 N–H and O–H groups in total. The van der Waals surface area contributed by atoms with Crippen LogP contribution in [0, 0.1) is 0 Å². The summed E-state index contributed by atoms with van der Waals surface area (Å²) in [4.78, 5) is 9.84. The zero-order valence-corrected chi connectivity index (χ0v) is 24.5. The van der Waals surface area contributed by atoms with Crippen molar-refractivity contribution in [1.29, 1.82) is 0 Å². The van der Waals surface area contributed by atoms with Crippen LogP contribution in [-0.4, -0.2) is 19.6 Å². The molecule has 0 fully saturated rings. The second-order valence-corrected chi connectivity index (χ2v) is 11.2. The topological polar surface area (TPSA) is 73.3 Å². The number of ether oxygens (including phenoxy) is 1. The molecule has 6 aromatic carbocycles. The fourth-order valence-corrected chi connectivity index (χ4v) is 6.33. The van der Waals surface area contributed by atoms with E-state index in [0.29, 0.717) is 17.2 Å². The Kier molecular flexibility index (Phi) is 5.86. The number of phenols is 1. The maximum atomic E-state index is 11.1. The fraction of sp³-hybridized carbons (Fsp3) is 0. The summed E-state index contributed by atoms with van der Waals surface area (Å²) >= 11 is 0. The third-order valence-electron chi connectivity index (χ3n) is 8.46. The molecule has 0 aliphatic rings. The number of aromatic hydroxyl groups is 1. The molecule has 9 rings (SSSR count). The number of furan rings is 1. The summed E-state index contributed by atoms with van der Waals surface area (Å²) in [6.07, 6.45) is 1.86. The lowest BCUT2D eigenvalue weighted by molar-refractivity contribution is 0.388. The first-order valence-electron chi connectivity index (χ1n) is 15.1. The number of hydrogen-bond donors (Lipinski definition) is 1. The van der Waals surface area contributed by atoms with Gasteiger partial charge in [-0.3, -0.25) is 9.55 Å². The van der Waals surface area contributed by atoms with Gasteiger partial charge in [-0.15, -0.1) is 0 Å². The number of nitrogens with zero attached hydrogens (tertiary/aromatic N) is 3. The van der Waals surface area contributed by atoms with E-state index in [1.165, 1.54) is 0 Å². The van der Waals surface area contributed by atoms with E-state index in [1.54, 1.807) is 6.07 Å². The second kappa shape index (κ2) is 10.4. The van der Waals surface area contributed by atoms with Crippen LogP contribution in [0.5, 0.6) is 17.5 Å². The summed E-state index contributed by atoms with van der Waals surface area (Å²) in [5.74, 6) is 0.181. The van der Waals surface area contributed by atoms with E-state index in [4.69, 9.17) is 19.1 Å². The Labute approximate surface area is 263 Å². The Bertz CT molecular complexity index is 2580. The van der Waals surface area contributed by atoms with Crippen LogP contribution in [0.2, 0.25) is 0 Å². The first kappa shape index (κ1) is 26.0. The van der Waals surface area contributed by atoms with Crippen molar-refractivity contribution in [3.05, 3.63) is 146 Å². The van der Waals surface area contributed by atoms with E-state index in [-0.39, 0.29) is 11.5 Å². The Morgan fingerprint density at radius 3 is 2.35 bits per heavy atom. The molecule has 0 aliphatic heterocycles. The summed E-state index contributed by atoms with van der Waals surface area (Å²) in [6.45, 7) is 0. The van der Waals surface area contributed by atoms with E-state index in [9.17, 15) is 5.11 Å². The van der Waals surface area contributed by atoms with Crippen LogP contribution in [0.15, 0.2) is 150 Å². The highest BCUT2D eigenvalue weighted by Crippen LogP contribution is 2.44. The maximum Gasteiger partial charge on any atom is 0.307 e. The van der Waals surface area contributed by atoms with Crippen LogP contribution in [0.4, 0.5) is 0 Å². The lowest BCUT2D eigenvalue weighted by Crippen LogP contribution is -1.98. The maximum absolute atomic E-state index is 11.1. The van der Waals surface area contributed by atoms with E-state index in [1.807, 2.05) is 102 Å². The molecule has 0 amide bonds. The predicted molar refractivity (Wildman–Crippen MR) is 183 cm³/mol. The molecule has 6 heteroatoms. The predicted octanol–water partition coefficient (Wildman–Crippen LogP) is 10.3. The van der Waals surface area contributed by atoms with E-state index in [2.05, 4.69) is 42.5 Å². The van der Waals surface area contributed by atoms with Gasteiger partial charge in [0.1, 0.15) is 11.1 Å². The Morgan fingerprint density at radius 1 is 0.652 bits per heavy atom. The molecule has 0 atom stereocenters. The number of hydrogen-bond acceptors (Lipinski definition) is 5. The van der Waals surface area contributed by atoms with Gasteiger partial charge in [0.05, 0.1) is 16.9 Å². The van der Waals surface area contributed by atoms with Crippen molar-refractivity contribution in [1.82, 2.24) is 14.5 Å². The van der Waals surface area contributed by atoms with Crippen molar-refractivity contribution < 1.29 is 14.3 Å². The summed E-state index contributed by atoms with van der Waals surface area (Å²) in [6, 6.07) is 46.4. The molecule has 0 radical (unpaired) electrons. The first-order valence-corrected chi connectivity index (χ1v) is 15.1. The second-order valence-electron chi connectivity index (χ2n) is 11.2. The molecule has 0 bridgehead atoms. The molecule has 9 aromatic rings. The normalized spacial score (nSPS) is 11.6. The highest BCUT2D eigenvalue weighted by Gasteiger charge is 2.22. The van der Waals surface area contributed by atoms with Gasteiger partial charge in [-0.05, 0) is 59.5 Å². The monoisotopic (exact) mass is 595 g/mol. The van der Waals surface area contributed by atoms with Gasteiger partial charge in [-0.1, -0.05) is 91.0 Å². The smallest absolute Gasteiger partial charge is 0.307 e. The molecule has 0 saturated carbocycles. The quantitative estimate of drug-likeness (QED) is 0.214. The largest absolute Gasteiger partial charge is 0.504 e. The SMILES string of the molecule is Oc1ccc2c(oc3ccccc32)c1Oc1nc2c(-c3cccc(-c4nccc5ccccc45)c3)cccc2n1-c1ccccc1. The van der Waals surface area contributed by atoms with Crippen LogP contribution in [-0.2, 0) is 0 Å². The van der Waals surface area contributed by atoms with E-state index >= 15 is 0 Å². The summed E-state index contributed by atoms with van der Waals surface area (Å²) in [7, 11) is 0. The summed E-state index contributed by atoms with van der Waals surface area (Å²) < 4.78 is 14.7. The van der Waals surface area contributed by atoms with Gasteiger partial charge < -0.3 is 14.3 Å². The van der Waals surface area contributed by atoms with Crippen molar-refractivity contribution in [3.63, 3.8) is 0 Å². The van der Waals surface area contributed by atoms with Gasteiger partial charge in [0.2, 0.25) is 5.75 Å². The Balaban J connectivity index is 1.24. The number of phenolic OH excluding ortho intramolecular Hbond substituents is 1. The highest BCUT2D eigenvalue weighted by molar-refractivity contribution is 6.07. The average molecular weight is 596 g/mol. The van der Waals surface area contributed by atoms with Crippen molar-refractivity contribution in [2.45, 2.75) is 0 Å². The zero-order chi connectivity index (χ0) is 30.6. The van der Waals surface area contributed by atoms with Crippen molar-refractivity contribution >= 4 is 43.7 Å². The Morgan fingerprint density at radius 2 is 1.43 bits per heavy atom.